The summed E-state index contributed by atoms with van der Waals surface area (Å²) in [4.78, 5) is 14.2. The SMILES string of the molecule is CC(C)Oc1cccc(CNC(=O)N2CC[S@@](=O)[C@H](C)[C@@H]2C)c1. The normalized spacial score (nSPS) is 24.6. The average molecular weight is 338 g/mol. The van der Waals surface area contributed by atoms with Crippen LogP contribution in [0, 0.1) is 0 Å². The lowest BCUT2D eigenvalue weighted by Gasteiger charge is -2.37. The molecule has 2 rings (SSSR count). The Morgan fingerprint density at radius 3 is 2.87 bits per heavy atom. The minimum Gasteiger partial charge on any atom is -0.491 e. The van der Waals surface area contributed by atoms with Crippen LogP contribution in [0.25, 0.3) is 0 Å². The molecule has 0 bridgehead atoms. The quantitative estimate of drug-likeness (QED) is 0.918. The lowest BCUT2D eigenvalue weighted by molar-refractivity contribution is 0.179. The van der Waals surface area contributed by atoms with Crippen LogP contribution in [0.4, 0.5) is 4.79 Å². The van der Waals surface area contributed by atoms with Crippen molar-refractivity contribution in [1.29, 1.82) is 0 Å². The highest BCUT2D eigenvalue weighted by Crippen LogP contribution is 2.17. The van der Waals surface area contributed by atoms with E-state index in [9.17, 15) is 9.00 Å². The Labute approximate surface area is 140 Å². The minimum atomic E-state index is -0.839. The fraction of sp³-hybridized carbons (Fsp3) is 0.588. The second-order valence-electron chi connectivity index (χ2n) is 6.20. The van der Waals surface area contributed by atoms with E-state index in [1.165, 1.54) is 0 Å². The van der Waals surface area contributed by atoms with Crippen LogP contribution in [0.3, 0.4) is 0 Å². The van der Waals surface area contributed by atoms with E-state index >= 15 is 0 Å². The molecular weight excluding hydrogens is 312 g/mol. The molecule has 1 aromatic carbocycles. The van der Waals surface area contributed by atoms with Crippen LogP contribution in [0.2, 0.25) is 0 Å². The molecule has 0 aromatic heterocycles. The van der Waals surface area contributed by atoms with Crippen molar-refractivity contribution in [1.82, 2.24) is 10.2 Å². The summed E-state index contributed by atoms with van der Waals surface area (Å²) in [5, 5.41) is 2.96. The van der Waals surface area contributed by atoms with Crippen LogP contribution in [0.1, 0.15) is 33.3 Å². The number of benzene rings is 1. The Balaban J connectivity index is 1.93. The Hall–Kier alpha value is -1.56. The van der Waals surface area contributed by atoms with Gasteiger partial charge in [-0.25, -0.2) is 4.79 Å². The van der Waals surface area contributed by atoms with Gasteiger partial charge in [-0.05, 0) is 45.4 Å². The molecule has 1 fully saturated rings. The van der Waals surface area contributed by atoms with Gasteiger partial charge in [0.15, 0.2) is 0 Å². The number of hydrogen-bond acceptors (Lipinski definition) is 3. The van der Waals surface area contributed by atoms with Gasteiger partial charge in [0.05, 0.1) is 11.4 Å². The molecule has 0 unspecified atom stereocenters. The van der Waals surface area contributed by atoms with E-state index in [0.29, 0.717) is 18.8 Å². The highest BCUT2D eigenvalue weighted by Gasteiger charge is 2.32. The zero-order valence-corrected chi connectivity index (χ0v) is 15.1. The molecule has 1 aromatic rings. The van der Waals surface area contributed by atoms with E-state index in [1.807, 2.05) is 52.0 Å². The number of nitrogens with one attached hydrogen (secondary N) is 1. The number of rotatable bonds is 4. The number of carbonyl (C=O) groups is 1. The summed E-state index contributed by atoms with van der Waals surface area (Å²) in [7, 11) is -0.839. The van der Waals surface area contributed by atoms with Gasteiger partial charge in [-0.3, -0.25) is 4.21 Å². The first kappa shape index (κ1) is 17.8. The fourth-order valence-electron chi connectivity index (χ4n) is 2.62. The summed E-state index contributed by atoms with van der Waals surface area (Å²) in [6.07, 6.45) is 0.122. The summed E-state index contributed by atoms with van der Waals surface area (Å²) in [5.74, 6) is 1.36. The molecule has 128 valence electrons. The Kier molecular flexibility index (Phi) is 6.04. The van der Waals surface area contributed by atoms with Crippen LogP contribution in [-0.4, -0.2) is 44.8 Å². The first-order valence-electron chi connectivity index (χ1n) is 8.05. The van der Waals surface area contributed by atoms with E-state index in [4.69, 9.17) is 4.74 Å². The number of nitrogens with zero attached hydrogens (tertiary/aromatic N) is 1. The monoisotopic (exact) mass is 338 g/mol. The third-order valence-electron chi connectivity index (χ3n) is 4.09. The number of ether oxygens (including phenoxy) is 1. The second-order valence-corrected chi connectivity index (χ2v) is 8.11. The number of amides is 2. The molecule has 2 amide bonds. The number of carbonyl (C=O) groups excluding carboxylic acids is 1. The Bertz CT molecular complexity index is 577. The van der Waals surface area contributed by atoms with Gasteiger partial charge in [0, 0.05) is 35.7 Å². The highest BCUT2D eigenvalue weighted by molar-refractivity contribution is 7.85. The molecule has 1 saturated heterocycles. The summed E-state index contributed by atoms with van der Waals surface area (Å²) >= 11 is 0. The van der Waals surface area contributed by atoms with Gasteiger partial charge in [0.1, 0.15) is 5.75 Å². The predicted molar refractivity (Wildman–Crippen MR) is 93.1 cm³/mol. The van der Waals surface area contributed by atoms with E-state index in [1.54, 1.807) is 4.90 Å². The van der Waals surface area contributed by atoms with Crippen molar-refractivity contribution in [3.8, 4) is 5.75 Å². The molecule has 1 aliphatic rings. The Morgan fingerprint density at radius 1 is 1.43 bits per heavy atom. The van der Waals surface area contributed by atoms with Gasteiger partial charge in [-0.1, -0.05) is 12.1 Å². The van der Waals surface area contributed by atoms with Gasteiger partial charge < -0.3 is 15.0 Å². The zero-order valence-electron chi connectivity index (χ0n) is 14.2. The third-order valence-corrected chi connectivity index (χ3v) is 5.90. The maximum atomic E-state index is 12.4. The molecule has 3 atom stereocenters. The van der Waals surface area contributed by atoms with Crippen molar-refractivity contribution in [2.45, 2.75) is 51.6 Å². The van der Waals surface area contributed by atoms with E-state index < -0.39 is 10.8 Å². The molecule has 0 aliphatic carbocycles. The van der Waals surface area contributed by atoms with E-state index in [2.05, 4.69) is 5.32 Å². The second kappa shape index (κ2) is 7.81. The van der Waals surface area contributed by atoms with Crippen LogP contribution in [0.5, 0.6) is 5.75 Å². The summed E-state index contributed by atoms with van der Waals surface area (Å²) in [6.45, 7) is 8.86. The Morgan fingerprint density at radius 2 is 2.17 bits per heavy atom. The molecule has 6 heteroatoms. The molecule has 1 aliphatic heterocycles. The summed E-state index contributed by atoms with van der Waals surface area (Å²) < 4.78 is 17.5. The van der Waals surface area contributed by atoms with Gasteiger partial charge in [0.25, 0.3) is 0 Å². The molecule has 5 nitrogen and oxygen atoms in total. The van der Waals surface area contributed by atoms with Gasteiger partial charge in [0.2, 0.25) is 0 Å². The van der Waals surface area contributed by atoms with Gasteiger partial charge in [-0.15, -0.1) is 0 Å². The molecule has 1 heterocycles. The van der Waals surface area contributed by atoms with Crippen LogP contribution < -0.4 is 10.1 Å². The van der Waals surface area contributed by atoms with Crippen molar-refractivity contribution >= 4 is 16.8 Å². The maximum Gasteiger partial charge on any atom is 0.317 e. The lowest BCUT2D eigenvalue weighted by Crippen LogP contribution is -2.55. The fourth-order valence-corrected chi connectivity index (χ4v) is 3.95. The molecule has 0 saturated carbocycles. The summed E-state index contributed by atoms with van der Waals surface area (Å²) in [6, 6.07) is 7.63. The first-order chi connectivity index (χ1) is 10.9. The minimum absolute atomic E-state index is 0.0114. The third kappa shape index (κ3) is 4.70. The van der Waals surface area contributed by atoms with Gasteiger partial charge >= 0.3 is 6.03 Å². The van der Waals surface area contributed by atoms with Crippen molar-refractivity contribution in [2.24, 2.45) is 0 Å². The molecule has 0 spiro atoms. The molecule has 1 N–H and O–H groups in total. The standard InChI is InChI=1S/C17H26N2O3S/c1-12(2)22-16-7-5-6-15(10-16)11-18-17(20)19-8-9-23(21)14(4)13(19)3/h5-7,10,12-14H,8-9,11H2,1-4H3,(H,18,20)/t13-,14+,23+/m0/s1. The number of urea groups is 1. The lowest BCUT2D eigenvalue weighted by atomic mass is 10.2. The predicted octanol–water partition coefficient (Wildman–Crippen LogP) is 2.52. The smallest absolute Gasteiger partial charge is 0.317 e. The molecule has 0 radical (unpaired) electrons. The zero-order chi connectivity index (χ0) is 17.0. The van der Waals surface area contributed by atoms with Crippen molar-refractivity contribution in [3.63, 3.8) is 0 Å². The van der Waals surface area contributed by atoms with Crippen molar-refractivity contribution in [3.05, 3.63) is 29.8 Å². The van der Waals surface area contributed by atoms with E-state index in [-0.39, 0.29) is 23.4 Å². The van der Waals surface area contributed by atoms with Crippen molar-refractivity contribution in [2.75, 3.05) is 12.3 Å². The first-order valence-corrected chi connectivity index (χ1v) is 9.44. The van der Waals surface area contributed by atoms with Gasteiger partial charge in [-0.2, -0.15) is 0 Å². The topological polar surface area (TPSA) is 58.6 Å². The average Bonchev–Trinajstić information content (AvgIpc) is 2.50. The van der Waals surface area contributed by atoms with Crippen LogP contribution in [-0.2, 0) is 17.3 Å². The van der Waals surface area contributed by atoms with Crippen molar-refractivity contribution < 1.29 is 13.7 Å². The summed E-state index contributed by atoms with van der Waals surface area (Å²) in [5.41, 5.74) is 0.998. The van der Waals surface area contributed by atoms with Crippen LogP contribution >= 0.6 is 0 Å². The van der Waals surface area contributed by atoms with Crippen LogP contribution in [0.15, 0.2) is 24.3 Å². The van der Waals surface area contributed by atoms with E-state index in [0.717, 1.165) is 11.3 Å². The molecule has 23 heavy (non-hydrogen) atoms. The largest absolute Gasteiger partial charge is 0.491 e. The highest BCUT2D eigenvalue weighted by atomic mass is 32.2. The maximum absolute atomic E-state index is 12.4. The number of hydrogen-bond donors (Lipinski definition) is 1. The molecular formula is C17H26N2O3S.